The quantitative estimate of drug-likeness (QED) is 0.00600. The largest absolute Gasteiger partial charge is 1.00 e. The van der Waals surface area contributed by atoms with Crippen molar-refractivity contribution >= 4 is 192 Å². The number of ether oxygens (including phenoxy) is 12. The fourth-order valence-corrected chi connectivity index (χ4v) is 13.4. The number of fused-ring (bicyclic) bond motifs is 1. The molecule has 9 rings (SSSR count). The number of anilines is 7. The molecule has 4 heterocycles. The molecule has 13 N–H and O–H groups in total. The molecule has 0 aliphatic carbocycles. The van der Waals surface area contributed by atoms with Gasteiger partial charge in [-0.25, -0.2) is 19.7 Å². The summed E-state index contributed by atoms with van der Waals surface area (Å²) in [7, 11) is 13.7. The Kier molecular flexibility index (Phi) is 50.0. The molecular formula is C78H100BrCl5N11NaO21S3. The van der Waals surface area contributed by atoms with Gasteiger partial charge in [0.15, 0.2) is 74.8 Å². The van der Waals surface area contributed by atoms with Gasteiger partial charge in [0, 0.05) is 125 Å². The first-order chi connectivity index (χ1) is 56.2. The molecule has 0 aliphatic rings. The van der Waals surface area contributed by atoms with E-state index in [4.69, 9.17) is 142 Å². The molecule has 32 nitrogen and oxygen atoms in total. The number of H-pyrrole nitrogens is 1. The number of amides is 1. The minimum Gasteiger partial charge on any atom is -1.00 e. The van der Waals surface area contributed by atoms with Gasteiger partial charge in [-0.2, -0.15) is 0 Å². The van der Waals surface area contributed by atoms with Crippen LogP contribution in [-0.4, -0.2) is 198 Å². The summed E-state index contributed by atoms with van der Waals surface area (Å²) in [5.41, 5.74) is 21.0. The van der Waals surface area contributed by atoms with Crippen molar-refractivity contribution in [1.82, 2.24) is 19.9 Å². The average Bonchev–Trinajstić information content (AvgIpc) is 1.77. The Balaban J connectivity index is 0.000000736. The van der Waals surface area contributed by atoms with Crippen molar-refractivity contribution in [3.8, 4) is 40.1 Å². The topological polar surface area (TPSA) is 451 Å². The number of carboxylic acids is 1. The van der Waals surface area contributed by atoms with Crippen molar-refractivity contribution in [3.63, 3.8) is 0 Å². The number of nitrogen functional groups attached to an aromatic ring is 3. The number of pyridine rings is 1. The summed E-state index contributed by atoms with van der Waals surface area (Å²) in [5.74, 6) is -0.672. The van der Waals surface area contributed by atoms with E-state index in [2.05, 4.69) is 57.1 Å². The van der Waals surface area contributed by atoms with E-state index in [0.29, 0.717) is 71.5 Å². The summed E-state index contributed by atoms with van der Waals surface area (Å²) >= 11 is 37.7. The summed E-state index contributed by atoms with van der Waals surface area (Å²) in [5, 5.41) is 39.0. The number of nitrogens with one attached hydrogen (secondary N) is 5. The number of thiazole rings is 3. The van der Waals surface area contributed by atoms with Crippen LogP contribution in [0.25, 0.3) is 22.3 Å². The molecule has 0 spiro atoms. The van der Waals surface area contributed by atoms with Crippen LogP contribution in [0.4, 0.5) is 38.1 Å². The Bertz CT molecular complexity index is 4860. The number of hydrogen-bond acceptors (Lipinski definition) is 32. The number of halogens is 6. The molecule has 0 atom stereocenters. The van der Waals surface area contributed by atoms with Gasteiger partial charge in [-0.05, 0) is 130 Å². The second-order valence-corrected chi connectivity index (χ2v) is 30.2. The number of aromatic carboxylic acids is 1. The van der Waals surface area contributed by atoms with Crippen LogP contribution in [0, 0.1) is 0 Å². The second kappa shape index (κ2) is 55.4. The number of aromatic hydroxyl groups is 1. The van der Waals surface area contributed by atoms with E-state index in [1.807, 2.05) is 46.9 Å². The van der Waals surface area contributed by atoms with E-state index in [1.54, 1.807) is 68.1 Å². The summed E-state index contributed by atoms with van der Waals surface area (Å²) in [4.78, 5) is 96.8. The third kappa shape index (κ3) is 34.5. The third-order valence-electron chi connectivity index (χ3n) is 15.3. The number of aromatic nitrogens is 4. The van der Waals surface area contributed by atoms with Gasteiger partial charge in [-0.15, -0.1) is 34.0 Å². The van der Waals surface area contributed by atoms with E-state index in [0.717, 1.165) is 10.5 Å². The van der Waals surface area contributed by atoms with Crippen LogP contribution < -0.4 is 92.4 Å². The number of ketones is 4. The number of Topliss-reactive ketones (excluding diaryl/α,β-unsaturated/α-hetero) is 4. The number of carboxylic acid groups (broad SMARTS) is 1. The van der Waals surface area contributed by atoms with Crippen molar-refractivity contribution in [2.24, 2.45) is 0 Å². The number of carbonyl (C=O) groups excluding carboxylic acids is 5. The zero-order valence-corrected chi connectivity index (χ0v) is 79.5. The van der Waals surface area contributed by atoms with Gasteiger partial charge >= 0.3 is 35.5 Å². The van der Waals surface area contributed by atoms with Gasteiger partial charge in [0.25, 0.3) is 5.91 Å². The fourth-order valence-electron chi connectivity index (χ4n) is 9.17. The number of hydrogen-bond donors (Lipinski definition) is 10. The number of benzene rings is 5. The van der Waals surface area contributed by atoms with Crippen LogP contribution in [-0.2, 0) is 37.9 Å². The Morgan fingerprint density at radius 2 is 0.850 bits per heavy atom. The predicted molar refractivity (Wildman–Crippen MR) is 476 cm³/mol. The maximum atomic E-state index is 12.7. The fraction of sp³-hybridized carbons (Fsp3) is 0.385. The van der Waals surface area contributed by atoms with E-state index >= 15 is 0 Å². The number of carbonyl (C=O) groups is 6. The van der Waals surface area contributed by atoms with Gasteiger partial charge in [0.05, 0.1) is 52.1 Å². The number of phenolic OH excluding ortho intramolecular Hbond substituents is 1. The standard InChI is InChI=1S/C19H24ClN3O5S.C19H22ClN3O4S.C12H16ClNO4.C9H10ClNO2.C8H8ClNO2.C7H10N2O2S.C4H9BrO2.Na.H/c1-10(2)21-19-22-13(9-29-19)18(25)23-17-12(11(3)24)6-7-14(16(17)20)28-8-15(26-4)27-5;1-10(2)21-19-23-13(9-28-19)12-7-14(24)11-5-6-15(17(20)18(11)22-12)27-8-16(25-3)26-4;1-7(15)8-4-5-9(11(13)12(8)14)18-6-10(16-2)17-3;1-5(12)6-3-4-7(13-2)8(10)9(6)11;1-4(11)5-2-3-6(12)7(9)8(5)10;1-4(2)8-7-9-5(3-12-7)6(10)11;1-6-4(3-5)7-2;;/h6-7,9-10,15H,8H2,1-5H3,(H,21,22)(H,23,25);5-7,9-10,16H,8H2,1-4H3,(H,21,23)(H,22,24);4-5,10H,6,14H2,1-3H3;3-4H,11H2,1-2H3;2-3,12H,10H2,1H3;3-4H,1-2H3,(H,8,9)(H,10,11);4H,3H2,1-2H3;;/q;;;;;;;+1;-1. The zero-order chi connectivity index (χ0) is 89.7. The van der Waals surface area contributed by atoms with Gasteiger partial charge in [-0.1, -0.05) is 73.9 Å². The van der Waals surface area contributed by atoms with Crippen molar-refractivity contribution in [2.45, 2.75) is 113 Å². The minimum absolute atomic E-state index is 0. The monoisotopic (exact) mass is 1900 g/mol. The van der Waals surface area contributed by atoms with Crippen molar-refractivity contribution in [2.75, 3.05) is 128 Å². The SMILES string of the molecule is CC(=O)c1ccc(O)c(Cl)c1N.CC(C)Nc1nc(C(=O)O)cs1.COC(CBr)OC.COC(COc1ccc(C(C)=O)c(N)c1Cl)OC.COC(COc1ccc(C(C)=O)c(NC(=O)c2csc(NC(C)C)n2)c1Cl)OC.COC(COc1ccc2c(=O)cc(-c3csc(NC(C)C)n3)[nH]c2c1Cl)OC.COc1ccc(C(C)=O)c(N)c1Cl.[H-].[Na+]. The summed E-state index contributed by atoms with van der Waals surface area (Å²) in [6.07, 6.45) is -1.69. The van der Waals surface area contributed by atoms with Gasteiger partial charge in [0.1, 0.15) is 79.4 Å². The number of rotatable bonds is 33. The number of phenols is 1. The van der Waals surface area contributed by atoms with Crippen LogP contribution in [0.5, 0.6) is 28.7 Å². The van der Waals surface area contributed by atoms with Crippen LogP contribution in [0.2, 0.25) is 25.1 Å². The summed E-state index contributed by atoms with van der Waals surface area (Å²) in [6, 6.07) is 17.9. The second-order valence-electron chi connectivity index (χ2n) is 25.1. The summed E-state index contributed by atoms with van der Waals surface area (Å²) in [6.45, 7) is 18.0. The molecule has 0 saturated carbocycles. The minimum atomic E-state index is -0.983. The van der Waals surface area contributed by atoms with Crippen molar-refractivity contribution in [3.05, 3.63) is 152 Å². The number of nitrogens with zero attached hydrogens (tertiary/aromatic N) is 3. The van der Waals surface area contributed by atoms with E-state index < -0.39 is 30.7 Å². The zero-order valence-electron chi connectivity index (χ0n) is 70.7. The molecule has 0 bridgehead atoms. The number of aromatic amines is 1. The van der Waals surface area contributed by atoms with Gasteiger partial charge < -0.3 is 112 Å². The molecule has 9 aromatic rings. The molecule has 0 unspecified atom stereocenters. The number of alkyl halides is 1. The molecule has 0 saturated heterocycles. The van der Waals surface area contributed by atoms with Gasteiger partial charge in [0.2, 0.25) is 0 Å². The maximum Gasteiger partial charge on any atom is 1.00 e. The average molecular weight is 1900 g/mol. The molecule has 0 fully saturated rings. The van der Waals surface area contributed by atoms with Crippen LogP contribution in [0.15, 0.2) is 87.7 Å². The Morgan fingerprint density at radius 1 is 0.492 bits per heavy atom. The van der Waals surface area contributed by atoms with Crippen LogP contribution in [0.3, 0.4) is 0 Å². The molecule has 42 heteroatoms. The molecule has 654 valence electrons. The molecular weight excluding hydrogens is 1800 g/mol. The smallest absolute Gasteiger partial charge is 1.00 e. The molecule has 0 radical (unpaired) electrons. The van der Waals surface area contributed by atoms with Crippen molar-refractivity contribution in [1.29, 1.82) is 0 Å². The van der Waals surface area contributed by atoms with Crippen LogP contribution >= 0.6 is 108 Å². The molecule has 4 aromatic heterocycles. The van der Waals surface area contributed by atoms with E-state index in [-0.39, 0.29) is 175 Å². The van der Waals surface area contributed by atoms with Crippen LogP contribution in [0.1, 0.15) is 133 Å². The number of methoxy groups -OCH3 is 9. The molecule has 120 heavy (non-hydrogen) atoms. The first kappa shape index (κ1) is 108. The normalized spacial score (nSPS) is 10.6. The van der Waals surface area contributed by atoms with Crippen molar-refractivity contribution < 1.29 is 127 Å². The Morgan fingerprint density at radius 3 is 1.24 bits per heavy atom. The molecule has 5 aromatic carbocycles. The Hall–Kier alpha value is -7.77. The summed E-state index contributed by atoms with van der Waals surface area (Å²) < 4.78 is 61.6. The molecule has 0 aliphatic heterocycles. The number of nitrogens with two attached hydrogens (primary N) is 3. The Labute approximate surface area is 764 Å². The van der Waals surface area contributed by atoms with E-state index in [1.165, 1.54) is 135 Å². The molecule has 1 amide bonds. The predicted octanol–water partition coefficient (Wildman–Crippen LogP) is 14.1. The van der Waals surface area contributed by atoms with Gasteiger partial charge in [-0.3, -0.25) is 28.8 Å². The first-order valence-electron chi connectivity index (χ1n) is 35.3. The third-order valence-corrected chi connectivity index (χ3v) is 20.0. The van der Waals surface area contributed by atoms with E-state index in [9.17, 15) is 33.6 Å². The maximum absolute atomic E-state index is 12.7. The first-order valence-corrected chi connectivity index (χ1v) is 41.0.